The molecule has 0 amide bonds. The maximum Gasteiger partial charge on any atom is 0.191 e. The van der Waals surface area contributed by atoms with Crippen LogP contribution in [0.25, 0.3) is 0 Å². The third-order valence-electron chi connectivity index (χ3n) is 3.52. The van der Waals surface area contributed by atoms with Crippen LogP contribution in [-0.4, -0.2) is 35.5 Å². The summed E-state index contributed by atoms with van der Waals surface area (Å²) in [6.07, 6.45) is 5.10. The van der Waals surface area contributed by atoms with E-state index in [1.54, 1.807) is 11.3 Å². The maximum atomic E-state index is 6.11. The van der Waals surface area contributed by atoms with Gasteiger partial charge in [0.1, 0.15) is 0 Å². The van der Waals surface area contributed by atoms with E-state index in [-0.39, 0.29) is 24.0 Å². The molecule has 6 heteroatoms. The Morgan fingerprint density at radius 1 is 1.40 bits per heavy atom. The number of aliphatic imine (C=N–C) groups is 1. The second kappa shape index (κ2) is 8.81. The number of nitrogens with two attached hydrogens (primary N) is 1. The minimum absolute atomic E-state index is 0. The number of likely N-dealkylation sites (tertiary alicyclic amines) is 1. The summed E-state index contributed by atoms with van der Waals surface area (Å²) in [6.45, 7) is 7.04. The van der Waals surface area contributed by atoms with Crippen molar-refractivity contribution in [2.75, 3.05) is 19.6 Å². The van der Waals surface area contributed by atoms with Crippen molar-refractivity contribution in [2.24, 2.45) is 10.7 Å². The molecule has 1 aromatic heterocycles. The number of guanidine groups is 1. The number of aryl methyl sites for hydroxylation is 1. The number of aromatic nitrogens is 1. The number of hydrogen-bond acceptors (Lipinski definition) is 3. The lowest BCUT2D eigenvalue weighted by Gasteiger charge is -2.21. The molecule has 1 aliphatic rings. The first-order valence-electron chi connectivity index (χ1n) is 7.13. The summed E-state index contributed by atoms with van der Waals surface area (Å²) < 4.78 is 0. The molecule has 0 bridgehead atoms. The Balaban J connectivity index is 0.00000200. The predicted octanol–water partition coefficient (Wildman–Crippen LogP) is 3.36. The third kappa shape index (κ3) is 5.20. The molecule has 114 valence electrons. The van der Waals surface area contributed by atoms with Gasteiger partial charge in [-0.05, 0) is 19.8 Å². The molecule has 2 N–H and O–H groups in total. The normalized spacial score (nSPS) is 18.3. The van der Waals surface area contributed by atoms with Crippen molar-refractivity contribution < 1.29 is 0 Å². The van der Waals surface area contributed by atoms with Gasteiger partial charge in [0.05, 0.1) is 11.6 Å². The van der Waals surface area contributed by atoms with Crippen LogP contribution in [0.5, 0.6) is 0 Å². The van der Waals surface area contributed by atoms with E-state index in [1.807, 2.05) is 6.92 Å². The first kappa shape index (κ1) is 17.7. The molecule has 0 spiro atoms. The molecular weight excluding hydrogens is 383 g/mol. The highest BCUT2D eigenvalue weighted by molar-refractivity contribution is 14.0. The molecule has 0 saturated carbocycles. The van der Waals surface area contributed by atoms with E-state index in [1.165, 1.54) is 25.7 Å². The number of halogens is 1. The van der Waals surface area contributed by atoms with Gasteiger partial charge < -0.3 is 10.6 Å². The van der Waals surface area contributed by atoms with E-state index in [0.717, 1.165) is 30.3 Å². The van der Waals surface area contributed by atoms with E-state index < -0.39 is 0 Å². The standard InChI is InChI=1S/C14H24N4S.HI/c1-11(13-17-12(2)10-19-13)9-16-14(15)18-7-5-3-4-6-8-18;/h10-11H,3-9H2,1-2H3,(H2,15,16);1H. The van der Waals surface area contributed by atoms with Crippen LogP contribution in [0.3, 0.4) is 0 Å². The van der Waals surface area contributed by atoms with Gasteiger partial charge in [-0.3, -0.25) is 4.99 Å². The second-order valence-electron chi connectivity index (χ2n) is 5.33. The second-order valence-corrected chi connectivity index (χ2v) is 6.22. The molecule has 20 heavy (non-hydrogen) atoms. The fourth-order valence-electron chi connectivity index (χ4n) is 2.31. The molecule has 0 aliphatic carbocycles. The van der Waals surface area contributed by atoms with E-state index in [2.05, 4.69) is 27.2 Å². The Hall–Kier alpha value is -0.370. The summed E-state index contributed by atoms with van der Waals surface area (Å²) in [5.74, 6) is 1.06. The summed E-state index contributed by atoms with van der Waals surface area (Å²) in [4.78, 5) is 11.3. The maximum absolute atomic E-state index is 6.11. The molecule has 1 fully saturated rings. The van der Waals surface area contributed by atoms with Crippen LogP contribution in [0, 0.1) is 6.92 Å². The smallest absolute Gasteiger partial charge is 0.191 e. The molecule has 1 saturated heterocycles. The van der Waals surface area contributed by atoms with Crippen molar-refractivity contribution in [1.29, 1.82) is 0 Å². The first-order chi connectivity index (χ1) is 9.16. The van der Waals surface area contributed by atoms with Crippen molar-refractivity contribution in [1.82, 2.24) is 9.88 Å². The van der Waals surface area contributed by atoms with Gasteiger partial charge in [0.15, 0.2) is 5.96 Å². The molecule has 1 atom stereocenters. The van der Waals surface area contributed by atoms with E-state index in [9.17, 15) is 0 Å². The molecule has 0 aromatic carbocycles. The molecular formula is C14H25IN4S. The summed E-state index contributed by atoms with van der Waals surface area (Å²) in [5, 5.41) is 3.25. The van der Waals surface area contributed by atoms with Crippen molar-refractivity contribution in [3.8, 4) is 0 Å². The van der Waals surface area contributed by atoms with Crippen LogP contribution in [0.15, 0.2) is 10.4 Å². The molecule has 2 heterocycles. The average Bonchev–Trinajstić information content (AvgIpc) is 2.68. The highest BCUT2D eigenvalue weighted by Crippen LogP contribution is 2.20. The summed E-state index contributed by atoms with van der Waals surface area (Å²) >= 11 is 1.71. The Bertz CT molecular complexity index is 425. The van der Waals surface area contributed by atoms with Gasteiger partial charge in [-0.15, -0.1) is 35.3 Å². The van der Waals surface area contributed by atoms with Gasteiger partial charge in [-0.25, -0.2) is 4.98 Å². The van der Waals surface area contributed by atoms with Gasteiger partial charge in [-0.1, -0.05) is 19.8 Å². The largest absolute Gasteiger partial charge is 0.370 e. The van der Waals surface area contributed by atoms with Gasteiger partial charge in [-0.2, -0.15) is 0 Å². The Labute approximate surface area is 142 Å². The summed E-state index contributed by atoms with van der Waals surface area (Å²) in [5.41, 5.74) is 7.20. The highest BCUT2D eigenvalue weighted by Gasteiger charge is 2.13. The zero-order chi connectivity index (χ0) is 13.7. The fraction of sp³-hybridized carbons (Fsp3) is 0.714. The topological polar surface area (TPSA) is 54.5 Å². The monoisotopic (exact) mass is 408 g/mol. The summed E-state index contributed by atoms with van der Waals surface area (Å²) in [7, 11) is 0. The summed E-state index contributed by atoms with van der Waals surface area (Å²) in [6, 6.07) is 0. The van der Waals surface area contributed by atoms with Gasteiger partial charge in [0, 0.05) is 30.1 Å². The molecule has 2 rings (SSSR count). The van der Waals surface area contributed by atoms with Crippen LogP contribution >= 0.6 is 35.3 Å². The number of hydrogen-bond donors (Lipinski definition) is 1. The van der Waals surface area contributed by atoms with Crippen molar-refractivity contribution in [2.45, 2.75) is 45.4 Å². The third-order valence-corrected chi connectivity index (χ3v) is 4.71. The fourth-order valence-corrected chi connectivity index (χ4v) is 3.15. The van der Waals surface area contributed by atoms with Gasteiger partial charge in [0.2, 0.25) is 0 Å². The van der Waals surface area contributed by atoms with E-state index in [4.69, 9.17) is 5.73 Å². The van der Waals surface area contributed by atoms with E-state index >= 15 is 0 Å². The van der Waals surface area contributed by atoms with Crippen molar-refractivity contribution in [3.63, 3.8) is 0 Å². The number of rotatable bonds is 3. The number of nitrogens with zero attached hydrogens (tertiary/aromatic N) is 3. The minimum atomic E-state index is 0. The molecule has 0 radical (unpaired) electrons. The zero-order valence-corrected chi connectivity index (χ0v) is 15.5. The van der Waals surface area contributed by atoms with Crippen LogP contribution in [0.1, 0.15) is 49.2 Å². The highest BCUT2D eigenvalue weighted by atomic mass is 127. The SMILES string of the molecule is Cc1csc(C(C)CN=C(N)N2CCCCCC2)n1.I. The lowest BCUT2D eigenvalue weighted by atomic mass is 10.2. The lowest BCUT2D eigenvalue weighted by molar-refractivity contribution is 0.428. The van der Waals surface area contributed by atoms with Crippen LogP contribution in [-0.2, 0) is 0 Å². The Kier molecular flexibility index (Phi) is 7.79. The van der Waals surface area contributed by atoms with Crippen LogP contribution in [0.2, 0.25) is 0 Å². The van der Waals surface area contributed by atoms with Crippen LogP contribution < -0.4 is 5.73 Å². The van der Waals surface area contributed by atoms with Crippen LogP contribution in [0.4, 0.5) is 0 Å². The van der Waals surface area contributed by atoms with Crippen molar-refractivity contribution >= 4 is 41.3 Å². The number of thiazole rings is 1. The molecule has 4 nitrogen and oxygen atoms in total. The van der Waals surface area contributed by atoms with Crippen molar-refractivity contribution in [3.05, 3.63) is 16.1 Å². The molecule has 1 unspecified atom stereocenters. The predicted molar refractivity (Wildman–Crippen MR) is 97.2 cm³/mol. The van der Waals surface area contributed by atoms with Gasteiger partial charge >= 0.3 is 0 Å². The Morgan fingerprint density at radius 3 is 2.60 bits per heavy atom. The zero-order valence-electron chi connectivity index (χ0n) is 12.3. The quantitative estimate of drug-likeness (QED) is 0.474. The first-order valence-corrected chi connectivity index (χ1v) is 8.01. The van der Waals surface area contributed by atoms with E-state index in [0.29, 0.717) is 11.9 Å². The molecule has 1 aromatic rings. The molecule has 1 aliphatic heterocycles. The van der Waals surface area contributed by atoms with Gasteiger partial charge in [0.25, 0.3) is 0 Å². The lowest BCUT2D eigenvalue weighted by Crippen LogP contribution is -2.38. The minimum Gasteiger partial charge on any atom is -0.370 e. The Morgan fingerprint density at radius 2 is 2.05 bits per heavy atom. The average molecular weight is 408 g/mol.